The highest BCUT2D eigenvalue weighted by Crippen LogP contribution is 2.12. The highest BCUT2D eigenvalue weighted by molar-refractivity contribution is 7.71. The second kappa shape index (κ2) is 8.20. The van der Waals surface area contributed by atoms with Crippen molar-refractivity contribution in [1.29, 1.82) is 0 Å². The molecule has 2 heterocycles. The number of nitrogens with one attached hydrogen (secondary N) is 2. The molecule has 2 N–H and O–H groups in total. The van der Waals surface area contributed by atoms with E-state index in [1.807, 2.05) is 42.5 Å². The lowest BCUT2D eigenvalue weighted by atomic mass is 10.1. The van der Waals surface area contributed by atoms with Gasteiger partial charge in [0.05, 0.1) is 17.4 Å². The van der Waals surface area contributed by atoms with Crippen molar-refractivity contribution in [3.05, 3.63) is 105 Å². The second-order valence-electron chi connectivity index (χ2n) is 6.61. The van der Waals surface area contributed by atoms with Crippen molar-refractivity contribution in [2.75, 3.05) is 0 Å². The Bertz CT molecular complexity index is 1280. The Kier molecular flexibility index (Phi) is 5.31. The Morgan fingerprint density at radius 1 is 1.07 bits per heavy atom. The van der Waals surface area contributed by atoms with E-state index in [1.54, 1.807) is 30.6 Å². The van der Waals surface area contributed by atoms with Crippen LogP contribution in [-0.2, 0) is 13.1 Å². The molecule has 144 valence electrons. The molecule has 2 aromatic carbocycles. The molecule has 0 aliphatic carbocycles. The first-order valence-corrected chi connectivity index (χ1v) is 9.50. The number of fused-ring (bicyclic) bond motifs is 1. The van der Waals surface area contributed by atoms with Gasteiger partial charge in [-0.05, 0) is 47.6 Å². The standard InChI is InChI=1S/C22H18N4O2S/c27-20(24-13-16-7-4-10-23-12-16)17-8-9-18-19(11-17)25-22(29)26(21(18)28)14-15-5-2-1-3-6-15/h1-12H,13-14H2,(H,24,27)(H,25,29). The fourth-order valence-electron chi connectivity index (χ4n) is 3.09. The van der Waals surface area contributed by atoms with Gasteiger partial charge in [0.15, 0.2) is 4.77 Å². The fourth-order valence-corrected chi connectivity index (χ4v) is 3.35. The van der Waals surface area contributed by atoms with Gasteiger partial charge in [-0.15, -0.1) is 0 Å². The number of H-pyrrole nitrogens is 1. The Morgan fingerprint density at radius 2 is 1.86 bits per heavy atom. The molecule has 6 nitrogen and oxygen atoms in total. The monoisotopic (exact) mass is 402 g/mol. The third-order valence-corrected chi connectivity index (χ3v) is 4.93. The van der Waals surface area contributed by atoms with E-state index in [2.05, 4.69) is 15.3 Å². The average molecular weight is 402 g/mol. The lowest BCUT2D eigenvalue weighted by Crippen LogP contribution is -2.24. The van der Waals surface area contributed by atoms with E-state index >= 15 is 0 Å². The molecule has 29 heavy (non-hydrogen) atoms. The Balaban J connectivity index is 1.61. The molecule has 4 rings (SSSR count). The number of rotatable bonds is 5. The Hall–Kier alpha value is -3.58. The van der Waals surface area contributed by atoms with Gasteiger partial charge in [0.1, 0.15) is 0 Å². The molecule has 0 unspecified atom stereocenters. The highest BCUT2D eigenvalue weighted by Gasteiger charge is 2.11. The van der Waals surface area contributed by atoms with Gasteiger partial charge in [0.25, 0.3) is 11.5 Å². The summed E-state index contributed by atoms with van der Waals surface area (Å²) in [5.74, 6) is -0.233. The van der Waals surface area contributed by atoms with Gasteiger partial charge < -0.3 is 10.3 Å². The number of aromatic amines is 1. The number of hydrogen-bond donors (Lipinski definition) is 2. The average Bonchev–Trinajstić information content (AvgIpc) is 2.76. The van der Waals surface area contributed by atoms with Crippen LogP contribution < -0.4 is 10.9 Å². The maximum atomic E-state index is 12.9. The molecule has 7 heteroatoms. The predicted molar refractivity (Wildman–Crippen MR) is 114 cm³/mol. The van der Waals surface area contributed by atoms with Crippen molar-refractivity contribution in [3.8, 4) is 0 Å². The number of carbonyl (C=O) groups is 1. The summed E-state index contributed by atoms with van der Waals surface area (Å²) < 4.78 is 1.84. The molecule has 0 aliphatic rings. The number of amides is 1. The van der Waals surface area contributed by atoms with E-state index < -0.39 is 0 Å². The van der Waals surface area contributed by atoms with Crippen LogP contribution in [0.1, 0.15) is 21.5 Å². The zero-order chi connectivity index (χ0) is 20.2. The highest BCUT2D eigenvalue weighted by atomic mass is 32.1. The van der Waals surface area contributed by atoms with E-state index in [-0.39, 0.29) is 11.5 Å². The van der Waals surface area contributed by atoms with Gasteiger partial charge in [0.2, 0.25) is 0 Å². The van der Waals surface area contributed by atoms with Crippen LogP contribution in [0, 0.1) is 4.77 Å². The second-order valence-corrected chi connectivity index (χ2v) is 7.00. The van der Waals surface area contributed by atoms with E-state index in [4.69, 9.17) is 12.2 Å². The maximum absolute atomic E-state index is 12.9. The molecule has 0 saturated heterocycles. The number of carbonyl (C=O) groups excluding carboxylic acids is 1. The maximum Gasteiger partial charge on any atom is 0.262 e. The first kappa shape index (κ1) is 18.8. The molecule has 0 fully saturated rings. The first-order valence-electron chi connectivity index (χ1n) is 9.10. The molecule has 4 aromatic rings. The third kappa shape index (κ3) is 4.14. The molecule has 0 atom stereocenters. The topological polar surface area (TPSA) is 79.8 Å². The molecule has 0 bridgehead atoms. The van der Waals surface area contributed by atoms with E-state index in [9.17, 15) is 9.59 Å². The van der Waals surface area contributed by atoms with Gasteiger partial charge in [-0.1, -0.05) is 36.4 Å². The van der Waals surface area contributed by atoms with Crippen molar-refractivity contribution in [3.63, 3.8) is 0 Å². The van der Waals surface area contributed by atoms with Crippen LogP contribution in [0.4, 0.5) is 0 Å². The van der Waals surface area contributed by atoms with Crippen molar-refractivity contribution >= 4 is 29.0 Å². The molecular formula is C22H18N4O2S. The number of benzene rings is 2. The quantitative estimate of drug-likeness (QED) is 0.501. The predicted octanol–water partition coefficient (Wildman–Crippen LogP) is 3.43. The SMILES string of the molecule is O=C(NCc1cccnc1)c1ccc2c(=O)n(Cc3ccccc3)c(=S)[nH]c2c1. The fraction of sp³-hybridized carbons (Fsp3) is 0.0909. The van der Waals surface area contributed by atoms with Gasteiger partial charge in [-0.3, -0.25) is 19.1 Å². The Labute approximate surface area is 171 Å². The van der Waals surface area contributed by atoms with Gasteiger partial charge in [0, 0.05) is 24.5 Å². The van der Waals surface area contributed by atoms with Crippen molar-refractivity contribution < 1.29 is 4.79 Å². The van der Waals surface area contributed by atoms with E-state index in [0.717, 1.165) is 11.1 Å². The summed E-state index contributed by atoms with van der Waals surface area (Å²) in [6.45, 7) is 0.762. The van der Waals surface area contributed by atoms with Crippen LogP contribution in [0.2, 0.25) is 0 Å². The number of hydrogen-bond acceptors (Lipinski definition) is 4. The van der Waals surface area contributed by atoms with Crippen molar-refractivity contribution in [1.82, 2.24) is 19.9 Å². The van der Waals surface area contributed by atoms with Crippen LogP contribution in [0.3, 0.4) is 0 Å². The minimum absolute atomic E-state index is 0.185. The number of aromatic nitrogens is 3. The van der Waals surface area contributed by atoms with Crippen molar-refractivity contribution in [2.45, 2.75) is 13.1 Å². The van der Waals surface area contributed by atoms with Gasteiger partial charge >= 0.3 is 0 Å². The summed E-state index contributed by atoms with van der Waals surface area (Å²) in [4.78, 5) is 32.5. The summed E-state index contributed by atoms with van der Waals surface area (Å²) in [5, 5.41) is 3.34. The summed E-state index contributed by atoms with van der Waals surface area (Å²) in [7, 11) is 0. The number of nitrogens with zero attached hydrogens (tertiary/aromatic N) is 2. The van der Waals surface area contributed by atoms with E-state index in [1.165, 1.54) is 4.57 Å². The normalized spacial score (nSPS) is 10.8. The minimum atomic E-state index is -0.233. The molecule has 2 aromatic heterocycles. The van der Waals surface area contributed by atoms with Crippen molar-refractivity contribution in [2.24, 2.45) is 0 Å². The third-order valence-electron chi connectivity index (χ3n) is 4.60. The first-order chi connectivity index (χ1) is 14.1. The zero-order valence-electron chi connectivity index (χ0n) is 15.5. The minimum Gasteiger partial charge on any atom is -0.348 e. The number of pyridine rings is 1. The summed E-state index contributed by atoms with van der Waals surface area (Å²) in [6.07, 6.45) is 3.38. The molecule has 0 radical (unpaired) electrons. The molecule has 0 saturated carbocycles. The lowest BCUT2D eigenvalue weighted by molar-refractivity contribution is 0.0951. The van der Waals surface area contributed by atoms with Gasteiger partial charge in [-0.25, -0.2) is 0 Å². The molecule has 0 aliphatic heterocycles. The van der Waals surface area contributed by atoms with Gasteiger partial charge in [-0.2, -0.15) is 0 Å². The van der Waals surface area contributed by atoms with Crippen LogP contribution >= 0.6 is 12.2 Å². The lowest BCUT2D eigenvalue weighted by Gasteiger charge is -2.10. The van der Waals surface area contributed by atoms with Crippen LogP contribution in [0.5, 0.6) is 0 Å². The van der Waals surface area contributed by atoms with Crippen LogP contribution in [0.25, 0.3) is 10.9 Å². The Morgan fingerprint density at radius 3 is 2.62 bits per heavy atom. The summed E-state index contributed by atoms with van der Waals surface area (Å²) in [6, 6.07) is 18.3. The smallest absolute Gasteiger partial charge is 0.262 e. The molecular weight excluding hydrogens is 384 g/mol. The molecule has 0 spiro atoms. The molecule has 1 amide bonds. The largest absolute Gasteiger partial charge is 0.348 e. The van der Waals surface area contributed by atoms with Crippen LogP contribution in [-0.4, -0.2) is 20.4 Å². The zero-order valence-corrected chi connectivity index (χ0v) is 16.3. The summed E-state index contributed by atoms with van der Waals surface area (Å²) >= 11 is 5.39. The summed E-state index contributed by atoms with van der Waals surface area (Å²) in [5.41, 5.74) is 2.70. The van der Waals surface area contributed by atoms with E-state index in [0.29, 0.717) is 34.3 Å². The van der Waals surface area contributed by atoms with Crippen LogP contribution in [0.15, 0.2) is 77.9 Å².